The number of phenols is 1. The molecule has 2 saturated heterocycles. The van der Waals surface area contributed by atoms with Crippen molar-refractivity contribution in [3.8, 4) is 5.75 Å². The van der Waals surface area contributed by atoms with Crippen LogP contribution in [0.1, 0.15) is 139 Å². The highest BCUT2D eigenvalue weighted by atomic mass is 32.1. The van der Waals surface area contributed by atoms with E-state index in [1.54, 1.807) is 13.8 Å². The molecule has 0 aromatic heterocycles. The fourth-order valence-electron chi connectivity index (χ4n) is 11.1. The lowest BCUT2D eigenvalue weighted by atomic mass is 9.98. The number of aliphatic imine (C=N–C) groups is 1. The van der Waals surface area contributed by atoms with Crippen LogP contribution >= 0.6 is 12.6 Å². The maximum Gasteiger partial charge on any atom is 0.326 e. The van der Waals surface area contributed by atoms with Gasteiger partial charge in [-0.2, -0.15) is 12.6 Å². The van der Waals surface area contributed by atoms with E-state index in [-0.39, 0.29) is 74.3 Å². The second kappa shape index (κ2) is 42.5. The lowest BCUT2D eigenvalue weighted by Gasteiger charge is -2.31. The summed E-state index contributed by atoms with van der Waals surface area (Å²) >= 11 is 4.24. The first-order valence-corrected chi connectivity index (χ1v) is 34.7. The molecule has 103 heavy (non-hydrogen) atoms. The molecule has 3 rings (SSSR count). The van der Waals surface area contributed by atoms with Crippen molar-refractivity contribution in [3.05, 3.63) is 29.8 Å². The lowest BCUT2D eigenvalue weighted by molar-refractivity contribution is -0.144. The van der Waals surface area contributed by atoms with Gasteiger partial charge >= 0.3 is 11.9 Å². The minimum Gasteiger partial charge on any atom is -0.508 e. The van der Waals surface area contributed by atoms with E-state index in [0.29, 0.717) is 19.4 Å². The third-order valence-corrected chi connectivity index (χ3v) is 17.1. The summed E-state index contributed by atoms with van der Waals surface area (Å²) in [5.41, 5.74) is 22.3. The zero-order valence-electron chi connectivity index (χ0n) is 59.5. The Hall–Kier alpha value is -9.88. The quantitative estimate of drug-likeness (QED) is 0.0126. The number of carbonyl (C=O) groups is 16. The van der Waals surface area contributed by atoms with Crippen molar-refractivity contribution >= 4 is 113 Å². The number of likely N-dealkylation sites (tertiary alicyclic amines) is 1. The maximum atomic E-state index is 14.5. The number of hydrogen-bond donors (Lipinski definition) is 20. The summed E-state index contributed by atoms with van der Waals surface area (Å²) in [4.78, 5) is 222. The van der Waals surface area contributed by atoms with Crippen LogP contribution in [0.5, 0.6) is 5.75 Å². The van der Waals surface area contributed by atoms with Gasteiger partial charge in [-0.3, -0.25) is 76.9 Å². The van der Waals surface area contributed by atoms with E-state index in [9.17, 15) is 92.0 Å². The smallest absolute Gasteiger partial charge is 0.326 e. The summed E-state index contributed by atoms with van der Waals surface area (Å²) in [5.74, 6) is -19.5. The Bertz CT molecular complexity index is 3220. The molecule has 0 radical (unpaired) electrons. The Labute approximate surface area is 602 Å². The van der Waals surface area contributed by atoms with Crippen molar-refractivity contribution in [1.82, 2.24) is 68.7 Å². The predicted molar refractivity (Wildman–Crippen MR) is 374 cm³/mol. The number of rotatable bonds is 43. The van der Waals surface area contributed by atoms with Crippen LogP contribution in [0, 0.1) is 23.7 Å². The van der Waals surface area contributed by atoms with Gasteiger partial charge in [-0.05, 0) is 106 Å². The maximum absolute atomic E-state index is 14.5. The molecule has 2 aliphatic heterocycles. The Balaban J connectivity index is 1.87. The Kier molecular flexibility index (Phi) is 36.1. The number of carboxylic acids is 2. The molecule has 0 aliphatic carbocycles. The van der Waals surface area contributed by atoms with Gasteiger partial charge in [-0.15, -0.1) is 0 Å². The number of aromatic hydroxyl groups is 1. The molecule has 0 saturated carbocycles. The Morgan fingerprint density at radius 1 is 0.534 bits per heavy atom. The summed E-state index contributed by atoms with van der Waals surface area (Å²) in [6, 6.07) is -13.3. The second-order valence-electron chi connectivity index (χ2n) is 26.9. The molecule has 37 nitrogen and oxygen atoms in total. The van der Waals surface area contributed by atoms with E-state index in [1.165, 1.54) is 63.8 Å². The fraction of sp³-hybridized carbons (Fsp3) is 0.646. The third-order valence-electron chi connectivity index (χ3n) is 16.8. The van der Waals surface area contributed by atoms with E-state index in [4.69, 9.17) is 22.9 Å². The van der Waals surface area contributed by atoms with Gasteiger partial charge in [0.25, 0.3) is 0 Å². The molecule has 14 amide bonds. The van der Waals surface area contributed by atoms with Gasteiger partial charge in [0.1, 0.15) is 78.3 Å². The summed E-state index contributed by atoms with van der Waals surface area (Å²) in [5, 5.41) is 59.8. The molecule has 23 N–H and O–H groups in total. The number of phenolic OH excluding ortho intramolecular Hbond substituents is 1. The number of benzene rings is 1. The number of primary amides is 2. The number of nitrogens with one attached hydrogen (secondary N) is 12. The summed E-state index contributed by atoms with van der Waals surface area (Å²) < 4.78 is 0. The average Bonchev–Trinajstić information content (AvgIpc) is 1.77. The first kappa shape index (κ1) is 87.3. The molecule has 1 aromatic carbocycles. The van der Waals surface area contributed by atoms with Gasteiger partial charge in [-0.25, -0.2) is 4.79 Å². The molecular weight excluding hydrogens is 1370 g/mol. The molecule has 1 aromatic rings. The highest BCUT2D eigenvalue weighted by molar-refractivity contribution is 7.80. The number of hydrogen-bond acceptors (Lipinski definition) is 20. The van der Waals surface area contributed by atoms with Crippen molar-refractivity contribution in [2.45, 2.75) is 218 Å². The van der Waals surface area contributed by atoms with Crippen LogP contribution in [0.4, 0.5) is 0 Å². The minimum absolute atomic E-state index is 0.0425. The van der Waals surface area contributed by atoms with E-state index >= 15 is 0 Å². The van der Waals surface area contributed by atoms with E-state index in [2.05, 4.69) is 81.4 Å². The molecule has 0 bridgehead atoms. The second-order valence-corrected chi connectivity index (χ2v) is 27.3. The fourth-order valence-corrected chi connectivity index (χ4v) is 11.4. The molecule has 0 unspecified atom stereocenters. The zero-order chi connectivity index (χ0) is 77.7. The molecular formula is C65H104N18O19S. The summed E-state index contributed by atoms with van der Waals surface area (Å²) in [6.45, 7) is 14.9. The Morgan fingerprint density at radius 3 is 1.54 bits per heavy atom. The predicted octanol–water partition coefficient (Wildman–Crippen LogP) is -5.27. The first-order chi connectivity index (χ1) is 48.2. The van der Waals surface area contributed by atoms with Crippen LogP contribution in [-0.2, 0) is 83.1 Å². The normalized spacial score (nSPS) is 17.4. The molecule has 574 valence electrons. The number of carboxylic acid groups (broad SMARTS) is 2. The van der Waals surface area contributed by atoms with Gasteiger partial charge in [0, 0.05) is 31.7 Å². The van der Waals surface area contributed by atoms with Crippen LogP contribution in [0.2, 0.25) is 0 Å². The average molecular weight is 1470 g/mol. The van der Waals surface area contributed by atoms with E-state index in [0.717, 1.165) is 6.42 Å². The number of thiol groups is 1. The van der Waals surface area contributed by atoms with Crippen molar-refractivity contribution < 1.29 is 92.0 Å². The molecule has 0 spiro atoms. The van der Waals surface area contributed by atoms with Crippen LogP contribution < -0.4 is 86.7 Å². The van der Waals surface area contributed by atoms with Crippen molar-refractivity contribution in [2.75, 3.05) is 25.4 Å². The lowest BCUT2D eigenvalue weighted by Crippen LogP contribution is -2.62. The van der Waals surface area contributed by atoms with Crippen LogP contribution in [0.25, 0.3) is 0 Å². The number of nitrogens with two attached hydrogens (primary N) is 4. The summed E-state index contributed by atoms with van der Waals surface area (Å²) in [6.07, 6.45) is -1.46. The molecule has 2 heterocycles. The van der Waals surface area contributed by atoms with Crippen molar-refractivity contribution in [2.24, 2.45) is 51.6 Å². The van der Waals surface area contributed by atoms with Crippen molar-refractivity contribution in [3.63, 3.8) is 0 Å². The van der Waals surface area contributed by atoms with Crippen LogP contribution in [-0.4, -0.2) is 225 Å². The monoisotopic (exact) mass is 1470 g/mol. The minimum atomic E-state index is -1.92. The van der Waals surface area contributed by atoms with Gasteiger partial charge in [-0.1, -0.05) is 67.5 Å². The van der Waals surface area contributed by atoms with E-state index < -0.39 is 216 Å². The zero-order valence-corrected chi connectivity index (χ0v) is 60.4. The van der Waals surface area contributed by atoms with Gasteiger partial charge in [0.05, 0.1) is 18.9 Å². The number of nitrogens with zero attached hydrogens (tertiary/aromatic N) is 2. The van der Waals surface area contributed by atoms with E-state index in [1.807, 2.05) is 13.8 Å². The number of carbonyl (C=O) groups excluding carboxylic acids is 14. The van der Waals surface area contributed by atoms with Crippen LogP contribution in [0.3, 0.4) is 0 Å². The van der Waals surface area contributed by atoms with Gasteiger partial charge in [0.15, 0.2) is 5.96 Å². The molecule has 38 heteroatoms. The number of aliphatic carboxylic acids is 2. The number of amides is 14. The topological polar surface area (TPSA) is 598 Å². The first-order valence-electron chi connectivity index (χ1n) is 34.1. The highest BCUT2D eigenvalue weighted by Gasteiger charge is 2.42. The standard InChI is InChI=1S/C65H104N18O19S/c1-30(2)25-43(78-52(89)34(9)72-53(90)37-13-10-22-70-37)63(100)83-24-12-15-45(83)60(97)74-39(20-21-46(66)85)55(92)80-50(32(5)6)62(99)81-49(31(3)4)61(98)79-44(29-103)59(96)76-41(27-47(67)86)57(94)75-40(26-35-16-18-36(84)19-17-35)56(93)73-38(14-11-23-71-65(68)69)54(91)77-42(28-48(87)88)58(95)82-51(33(7)8)64(101)102/h16-19,30-34,37-45,49-51,70,84,103H,10-15,20-29H2,1-9H3,(H2,66,85)(H2,67,86)(H,72,90)(H,73,93)(H,74,97)(H,75,94)(H,76,96)(H,77,91)(H,78,89)(H,79,98)(H,80,92)(H,81,99)(H,82,95)(H,87,88)(H,101,102)(H4,68,69,71)/t34-,37-,38-,39-,40-,41-,42-,43-,44-,45-,49-,50-,51-/m0/s1. The Morgan fingerprint density at radius 2 is 1.02 bits per heavy atom. The summed E-state index contributed by atoms with van der Waals surface area (Å²) in [7, 11) is 0. The molecule has 2 fully saturated rings. The van der Waals surface area contributed by atoms with Crippen LogP contribution in [0.15, 0.2) is 29.3 Å². The SMILES string of the molecule is CC(C)C[C@H](NC(=O)[C@H](C)NC(=O)[C@@H]1CCCN1)C(=O)N1CCC[C@H]1C(=O)N[C@@H](CCC(N)=O)C(=O)N[C@H](C(=O)N[C@H](C(=O)N[C@@H](CS)C(=O)N[C@@H](CC(N)=O)C(=O)N[C@@H](Cc1ccc(O)cc1)C(=O)N[C@@H](CCCN=C(N)N)C(=O)N[C@@H](CC(=O)O)C(=O)N[C@H](C(=O)O)C(C)C)C(C)C)C(C)C. The number of guanidine groups is 1. The van der Waals surface area contributed by atoms with Gasteiger partial charge in [0.2, 0.25) is 82.7 Å². The molecule has 13 atom stereocenters. The highest BCUT2D eigenvalue weighted by Crippen LogP contribution is 2.22. The largest absolute Gasteiger partial charge is 0.508 e. The van der Waals surface area contributed by atoms with Crippen molar-refractivity contribution in [1.29, 1.82) is 0 Å². The molecule has 2 aliphatic rings. The third kappa shape index (κ3) is 29.5. The van der Waals surface area contributed by atoms with Gasteiger partial charge < -0.3 is 107 Å².